The fourth-order valence-corrected chi connectivity index (χ4v) is 5.16. The van der Waals surface area contributed by atoms with Crippen LogP contribution in [0.15, 0.2) is 47.5 Å². The molecule has 3 rings (SSSR count). The number of carbonyl (C=O) groups excluding carboxylic acids is 2. The highest BCUT2D eigenvalue weighted by Crippen LogP contribution is 2.47. The highest BCUT2D eigenvalue weighted by atomic mass is 32.1. The Labute approximate surface area is 213 Å². The van der Waals surface area contributed by atoms with Gasteiger partial charge in [-0.15, -0.1) is 11.3 Å². The summed E-state index contributed by atoms with van der Waals surface area (Å²) < 4.78 is 0. The molecule has 0 radical (unpaired) electrons. The lowest BCUT2D eigenvalue weighted by molar-refractivity contribution is -0.148. The van der Waals surface area contributed by atoms with Crippen molar-refractivity contribution < 1.29 is 29.4 Å². The summed E-state index contributed by atoms with van der Waals surface area (Å²) in [6.45, 7) is 9.17. The number of nitrogens with one attached hydrogen (secondary N) is 1. The Hall–Kier alpha value is -3.53. The minimum atomic E-state index is -1.83. The number of rotatable bonds is 8. The van der Waals surface area contributed by atoms with Gasteiger partial charge in [0.25, 0.3) is 5.91 Å². The van der Waals surface area contributed by atoms with Crippen molar-refractivity contribution in [2.45, 2.75) is 58.0 Å². The van der Waals surface area contributed by atoms with Crippen molar-refractivity contribution in [2.24, 2.45) is 5.92 Å². The normalized spacial score (nSPS) is 19.8. The average Bonchev–Trinajstić information content (AvgIpc) is 3.42. The van der Waals surface area contributed by atoms with Crippen LogP contribution in [0, 0.1) is 5.92 Å². The molecule has 0 saturated heterocycles. The highest BCUT2D eigenvalue weighted by Gasteiger charge is 2.56. The van der Waals surface area contributed by atoms with Crippen LogP contribution < -0.4 is 5.32 Å². The van der Waals surface area contributed by atoms with E-state index in [4.69, 9.17) is 5.11 Å². The van der Waals surface area contributed by atoms with Gasteiger partial charge in [0.1, 0.15) is 17.6 Å². The second kappa shape index (κ2) is 10.2. The van der Waals surface area contributed by atoms with Crippen LogP contribution in [0.2, 0.25) is 0 Å². The van der Waals surface area contributed by atoms with Gasteiger partial charge in [0, 0.05) is 22.7 Å². The summed E-state index contributed by atoms with van der Waals surface area (Å²) in [7, 11) is 0. The Kier molecular flexibility index (Phi) is 7.68. The molecule has 1 aromatic carbocycles. The Balaban J connectivity index is 2.19. The molecule has 1 aliphatic heterocycles. The van der Waals surface area contributed by atoms with Gasteiger partial charge in [0.05, 0.1) is 0 Å². The molecule has 9 nitrogen and oxygen atoms in total. The van der Waals surface area contributed by atoms with Crippen LogP contribution in [-0.2, 0) is 19.8 Å². The van der Waals surface area contributed by atoms with Crippen LogP contribution in [0.1, 0.15) is 68.0 Å². The Morgan fingerprint density at radius 2 is 1.78 bits per heavy atom. The third-order valence-corrected chi connectivity index (χ3v) is 6.86. The Morgan fingerprint density at radius 3 is 2.25 bits per heavy atom. The van der Waals surface area contributed by atoms with Crippen molar-refractivity contribution in [1.29, 1.82) is 0 Å². The van der Waals surface area contributed by atoms with Gasteiger partial charge in [-0.1, -0.05) is 46.8 Å². The third kappa shape index (κ3) is 5.33. The summed E-state index contributed by atoms with van der Waals surface area (Å²) in [5.41, 5.74) is -0.706. The molecule has 192 valence electrons. The zero-order valence-corrected chi connectivity index (χ0v) is 21.8. The van der Waals surface area contributed by atoms with E-state index in [1.54, 1.807) is 17.5 Å². The van der Waals surface area contributed by atoms with Crippen LogP contribution in [0.3, 0.4) is 0 Å². The Morgan fingerprint density at radius 1 is 1.14 bits per heavy atom. The van der Waals surface area contributed by atoms with E-state index in [-0.39, 0.29) is 28.9 Å². The smallest absolute Gasteiger partial charge is 0.333 e. The zero-order valence-electron chi connectivity index (χ0n) is 20.9. The van der Waals surface area contributed by atoms with Gasteiger partial charge in [0.2, 0.25) is 5.91 Å². The molecule has 0 unspecified atom stereocenters. The molecule has 0 bridgehead atoms. The van der Waals surface area contributed by atoms with Gasteiger partial charge in [-0.05, 0) is 41.5 Å². The maximum atomic E-state index is 14.0. The number of thiazole rings is 1. The fraction of sp³-hybridized carbons (Fsp3) is 0.423. The van der Waals surface area contributed by atoms with Gasteiger partial charge in [0.15, 0.2) is 5.54 Å². The van der Waals surface area contributed by atoms with Crippen molar-refractivity contribution in [3.8, 4) is 0 Å². The number of carboxylic acids is 2. The number of amides is 2. The fourth-order valence-electron chi connectivity index (χ4n) is 4.42. The maximum Gasteiger partial charge on any atom is 0.333 e. The molecule has 2 heterocycles. The second-order valence-electron chi connectivity index (χ2n) is 10.3. The number of carbonyl (C=O) groups is 4. The van der Waals surface area contributed by atoms with E-state index in [1.807, 2.05) is 46.8 Å². The first-order chi connectivity index (χ1) is 16.8. The molecule has 3 N–H and O–H groups in total. The molecule has 0 fully saturated rings. The lowest BCUT2D eigenvalue weighted by Crippen LogP contribution is -2.55. The predicted octanol–water partition coefficient (Wildman–Crippen LogP) is 3.63. The number of hydrogen-bond acceptors (Lipinski definition) is 6. The van der Waals surface area contributed by atoms with Crippen molar-refractivity contribution >= 4 is 35.1 Å². The third-order valence-electron chi connectivity index (χ3n) is 6.03. The number of hydrogen-bond donors (Lipinski definition) is 3. The van der Waals surface area contributed by atoms with Crippen LogP contribution in [0.5, 0.6) is 0 Å². The molecule has 10 heteroatoms. The van der Waals surface area contributed by atoms with E-state index in [0.29, 0.717) is 5.01 Å². The number of nitrogens with zero attached hydrogens (tertiary/aromatic N) is 2. The number of benzene rings is 1. The largest absolute Gasteiger partial charge is 0.480 e. The summed E-state index contributed by atoms with van der Waals surface area (Å²) in [6.07, 6.45) is 2.85. The molecular weight excluding hydrogens is 482 g/mol. The second-order valence-corrected chi connectivity index (χ2v) is 11.2. The molecule has 0 aliphatic carbocycles. The van der Waals surface area contributed by atoms with E-state index < -0.39 is 41.9 Å². The maximum absolute atomic E-state index is 14.0. The highest BCUT2D eigenvalue weighted by molar-refractivity contribution is 7.09. The first kappa shape index (κ1) is 27.1. The van der Waals surface area contributed by atoms with Gasteiger partial charge in [-0.25, -0.2) is 9.78 Å². The van der Waals surface area contributed by atoms with E-state index in [0.717, 1.165) is 5.56 Å². The Bertz CT molecular complexity index is 1180. The summed E-state index contributed by atoms with van der Waals surface area (Å²) in [5.74, 6) is -3.99. The van der Waals surface area contributed by atoms with Crippen molar-refractivity contribution in [3.63, 3.8) is 0 Å². The van der Waals surface area contributed by atoms with Gasteiger partial charge < -0.3 is 20.4 Å². The van der Waals surface area contributed by atoms with Crippen molar-refractivity contribution in [3.05, 3.63) is 63.6 Å². The standard InChI is InChI=1S/C26H31N3O6S/c1-15(2)12-26(24(34)35)13-18(21(32)28-14-19(30)31)20(22-27-10-11-36-22)29(26)23(33)16-6-8-17(9-7-16)25(3,4)5/h6-11,13,15,20H,12,14H2,1-5H3,(H,28,32)(H,30,31)(H,34,35)/t20-,26+/m1/s1. The SMILES string of the molecule is CC(C)C[C@@]1(C(=O)O)C=C(C(=O)NCC(=O)O)[C@H](c2nccs2)N1C(=O)c1ccc(C(C)(C)C)cc1. The summed E-state index contributed by atoms with van der Waals surface area (Å²) >= 11 is 1.18. The first-order valence-corrected chi connectivity index (χ1v) is 12.5. The van der Waals surface area contributed by atoms with E-state index in [9.17, 15) is 24.3 Å². The summed E-state index contributed by atoms with van der Waals surface area (Å²) in [5, 5.41) is 23.9. The quantitative estimate of drug-likeness (QED) is 0.490. The first-order valence-electron chi connectivity index (χ1n) is 11.6. The summed E-state index contributed by atoms with van der Waals surface area (Å²) in [6, 6.07) is 5.89. The number of aliphatic carboxylic acids is 2. The minimum Gasteiger partial charge on any atom is -0.480 e. The van der Waals surface area contributed by atoms with Crippen LogP contribution in [0.25, 0.3) is 0 Å². The van der Waals surface area contributed by atoms with Crippen molar-refractivity contribution in [1.82, 2.24) is 15.2 Å². The molecular formula is C26H31N3O6S. The average molecular weight is 514 g/mol. The summed E-state index contributed by atoms with van der Waals surface area (Å²) in [4.78, 5) is 56.6. The van der Waals surface area contributed by atoms with Crippen LogP contribution in [0.4, 0.5) is 0 Å². The van der Waals surface area contributed by atoms with E-state index in [2.05, 4.69) is 10.3 Å². The predicted molar refractivity (Wildman–Crippen MR) is 135 cm³/mol. The molecule has 1 aliphatic rings. The monoisotopic (exact) mass is 513 g/mol. The minimum absolute atomic E-state index is 0.0195. The van der Waals surface area contributed by atoms with Crippen LogP contribution >= 0.6 is 11.3 Å². The number of aromatic nitrogens is 1. The van der Waals surface area contributed by atoms with E-state index >= 15 is 0 Å². The van der Waals surface area contributed by atoms with Crippen molar-refractivity contribution in [2.75, 3.05) is 6.54 Å². The molecule has 2 amide bonds. The topological polar surface area (TPSA) is 137 Å². The molecule has 36 heavy (non-hydrogen) atoms. The zero-order chi connectivity index (χ0) is 26.8. The number of carboxylic acid groups (broad SMARTS) is 2. The van der Waals surface area contributed by atoms with Crippen LogP contribution in [-0.4, -0.2) is 55.9 Å². The lowest BCUT2D eigenvalue weighted by Gasteiger charge is -2.39. The van der Waals surface area contributed by atoms with E-state index in [1.165, 1.54) is 28.5 Å². The molecule has 2 aromatic rings. The van der Waals surface area contributed by atoms with Gasteiger partial charge >= 0.3 is 11.9 Å². The molecule has 0 saturated carbocycles. The lowest BCUT2D eigenvalue weighted by atomic mass is 9.86. The van der Waals surface area contributed by atoms with Gasteiger partial charge in [-0.3, -0.25) is 14.4 Å². The molecule has 1 aromatic heterocycles. The molecule has 2 atom stereocenters. The molecule has 0 spiro atoms. The van der Waals surface area contributed by atoms with Gasteiger partial charge in [-0.2, -0.15) is 0 Å².